The molecule has 0 aliphatic carbocycles. The summed E-state index contributed by atoms with van der Waals surface area (Å²) in [5.41, 5.74) is 2.51. The minimum Gasteiger partial charge on any atom is -0.497 e. The molecule has 1 aromatic heterocycles. The summed E-state index contributed by atoms with van der Waals surface area (Å²) in [6, 6.07) is 10.0. The molecule has 3 rings (SSSR count). The molecule has 1 aliphatic heterocycles. The van der Waals surface area contributed by atoms with Gasteiger partial charge in [-0.25, -0.2) is 4.98 Å². The molecule has 0 saturated carbocycles. The monoisotopic (exact) mass is 342 g/mol. The summed E-state index contributed by atoms with van der Waals surface area (Å²) in [5.74, 6) is 2.45. The van der Waals surface area contributed by atoms with Gasteiger partial charge in [0.05, 0.1) is 14.2 Å². The van der Waals surface area contributed by atoms with Crippen LogP contribution in [0.15, 0.2) is 36.5 Å². The van der Waals surface area contributed by atoms with Gasteiger partial charge in [-0.15, -0.1) is 0 Å². The van der Waals surface area contributed by atoms with Gasteiger partial charge in [-0.2, -0.15) is 0 Å². The molecule has 0 radical (unpaired) electrons. The van der Waals surface area contributed by atoms with Gasteiger partial charge >= 0.3 is 0 Å². The predicted octanol–water partition coefficient (Wildman–Crippen LogP) is 3.78. The van der Waals surface area contributed by atoms with Crippen LogP contribution in [0, 0.1) is 0 Å². The van der Waals surface area contributed by atoms with Crippen LogP contribution in [-0.2, 0) is 16.7 Å². The molecular weight excluding hydrogens is 316 g/mol. The molecule has 5 nitrogen and oxygen atoms in total. The largest absolute Gasteiger partial charge is 0.497 e. The highest BCUT2D eigenvalue weighted by atomic mass is 16.5. The van der Waals surface area contributed by atoms with E-state index in [9.17, 15) is 0 Å². The standard InChI is InChI=1S/C20H26N2O3/c1-20(8-10-25-11-9-20)16-5-7-19(22-14-16)21-13-15-4-6-17(23-2)12-18(15)24-3/h4-7,12,14H,8-11,13H2,1-3H3,(H,21,22). The average Bonchev–Trinajstić information content (AvgIpc) is 2.67. The Morgan fingerprint density at radius 1 is 1.12 bits per heavy atom. The molecule has 1 aliphatic rings. The number of pyridine rings is 1. The van der Waals surface area contributed by atoms with Crippen LogP contribution in [-0.4, -0.2) is 32.4 Å². The lowest BCUT2D eigenvalue weighted by molar-refractivity contribution is 0.0563. The minimum atomic E-state index is 0.170. The normalized spacial score (nSPS) is 16.3. The van der Waals surface area contributed by atoms with Crippen LogP contribution in [0.5, 0.6) is 11.5 Å². The zero-order valence-corrected chi connectivity index (χ0v) is 15.2. The van der Waals surface area contributed by atoms with Crippen LogP contribution in [0.25, 0.3) is 0 Å². The first-order chi connectivity index (χ1) is 12.1. The summed E-state index contributed by atoms with van der Waals surface area (Å²) in [6.45, 7) is 4.59. The van der Waals surface area contributed by atoms with Crippen molar-refractivity contribution in [3.05, 3.63) is 47.7 Å². The van der Waals surface area contributed by atoms with Crippen LogP contribution in [0.4, 0.5) is 5.82 Å². The molecule has 1 fully saturated rings. The molecule has 2 heterocycles. The van der Waals surface area contributed by atoms with Gasteiger partial charge in [-0.05, 0) is 42.0 Å². The number of ether oxygens (including phenoxy) is 3. The first-order valence-corrected chi connectivity index (χ1v) is 8.64. The maximum atomic E-state index is 5.48. The number of nitrogens with one attached hydrogen (secondary N) is 1. The Morgan fingerprint density at radius 3 is 2.56 bits per heavy atom. The van der Waals surface area contributed by atoms with E-state index in [1.807, 2.05) is 30.5 Å². The number of hydrogen-bond donors (Lipinski definition) is 1. The number of benzene rings is 1. The molecule has 0 spiro atoms. The van der Waals surface area contributed by atoms with Crippen LogP contribution >= 0.6 is 0 Å². The second-order valence-electron chi connectivity index (χ2n) is 6.64. The first kappa shape index (κ1) is 17.5. The van der Waals surface area contributed by atoms with Gasteiger partial charge < -0.3 is 19.5 Å². The fourth-order valence-electron chi connectivity index (χ4n) is 3.15. The van der Waals surface area contributed by atoms with Crippen molar-refractivity contribution < 1.29 is 14.2 Å². The van der Waals surface area contributed by atoms with Gasteiger partial charge in [0.2, 0.25) is 0 Å². The smallest absolute Gasteiger partial charge is 0.127 e. The lowest BCUT2D eigenvalue weighted by atomic mass is 9.77. The zero-order chi connectivity index (χ0) is 17.7. The van der Waals surface area contributed by atoms with Crippen molar-refractivity contribution in [3.63, 3.8) is 0 Å². The molecule has 0 bridgehead atoms. The summed E-state index contributed by atoms with van der Waals surface area (Å²) in [5, 5.41) is 3.36. The highest BCUT2D eigenvalue weighted by Crippen LogP contribution is 2.34. The number of methoxy groups -OCH3 is 2. The lowest BCUT2D eigenvalue weighted by Crippen LogP contribution is -2.30. The molecule has 1 N–H and O–H groups in total. The molecule has 2 aromatic rings. The van der Waals surface area contributed by atoms with Gasteiger partial charge in [0.25, 0.3) is 0 Å². The van der Waals surface area contributed by atoms with E-state index in [2.05, 4.69) is 23.3 Å². The van der Waals surface area contributed by atoms with Crippen LogP contribution in [0.3, 0.4) is 0 Å². The molecule has 0 atom stereocenters. The van der Waals surface area contributed by atoms with Gasteiger partial charge in [0.1, 0.15) is 17.3 Å². The van der Waals surface area contributed by atoms with Gasteiger partial charge in [-0.1, -0.05) is 13.0 Å². The van der Waals surface area contributed by atoms with Gasteiger partial charge in [-0.3, -0.25) is 0 Å². The van der Waals surface area contributed by atoms with Crippen molar-refractivity contribution >= 4 is 5.82 Å². The Labute approximate surface area is 149 Å². The van der Waals surface area contributed by atoms with Crippen molar-refractivity contribution in [1.29, 1.82) is 0 Å². The summed E-state index contributed by atoms with van der Waals surface area (Å²) >= 11 is 0. The summed E-state index contributed by atoms with van der Waals surface area (Å²) < 4.78 is 16.2. The number of hydrogen-bond acceptors (Lipinski definition) is 5. The third-order valence-corrected chi connectivity index (χ3v) is 5.01. The lowest BCUT2D eigenvalue weighted by Gasteiger charge is -2.33. The van der Waals surface area contributed by atoms with Gasteiger partial charge in [0.15, 0.2) is 0 Å². The van der Waals surface area contributed by atoms with Crippen molar-refractivity contribution in [2.24, 2.45) is 0 Å². The molecule has 1 aromatic carbocycles. The Hall–Kier alpha value is -2.27. The maximum Gasteiger partial charge on any atom is 0.127 e. The molecule has 0 amide bonds. The molecule has 134 valence electrons. The zero-order valence-electron chi connectivity index (χ0n) is 15.2. The fourth-order valence-corrected chi connectivity index (χ4v) is 3.15. The highest BCUT2D eigenvalue weighted by molar-refractivity contribution is 5.44. The topological polar surface area (TPSA) is 52.6 Å². The number of anilines is 1. The van der Waals surface area contributed by atoms with Crippen molar-refractivity contribution in [2.45, 2.75) is 31.7 Å². The second kappa shape index (κ2) is 7.74. The summed E-state index contributed by atoms with van der Waals surface area (Å²) in [6.07, 6.45) is 4.08. The first-order valence-electron chi connectivity index (χ1n) is 8.64. The van der Waals surface area contributed by atoms with Crippen LogP contribution in [0.1, 0.15) is 30.9 Å². The molecule has 25 heavy (non-hydrogen) atoms. The second-order valence-corrected chi connectivity index (χ2v) is 6.64. The molecule has 1 saturated heterocycles. The van der Waals surface area contributed by atoms with E-state index in [4.69, 9.17) is 14.2 Å². The molecule has 5 heteroatoms. The Kier molecular flexibility index (Phi) is 5.43. The summed E-state index contributed by atoms with van der Waals surface area (Å²) in [7, 11) is 3.32. The maximum absolute atomic E-state index is 5.48. The van der Waals surface area contributed by atoms with Crippen molar-refractivity contribution in [2.75, 3.05) is 32.8 Å². The van der Waals surface area contributed by atoms with Crippen molar-refractivity contribution in [1.82, 2.24) is 4.98 Å². The van der Waals surface area contributed by atoms with E-state index in [-0.39, 0.29) is 5.41 Å². The minimum absolute atomic E-state index is 0.170. The highest BCUT2D eigenvalue weighted by Gasteiger charge is 2.29. The van der Waals surface area contributed by atoms with E-state index in [1.165, 1.54) is 5.56 Å². The quantitative estimate of drug-likeness (QED) is 0.866. The number of rotatable bonds is 6. The van der Waals surface area contributed by atoms with Crippen LogP contribution < -0.4 is 14.8 Å². The number of nitrogens with zero attached hydrogens (tertiary/aromatic N) is 1. The summed E-state index contributed by atoms with van der Waals surface area (Å²) in [4.78, 5) is 4.59. The van der Waals surface area contributed by atoms with E-state index >= 15 is 0 Å². The Balaban J connectivity index is 1.66. The van der Waals surface area contributed by atoms with E-state index in [0.717, 1.165) is 48.9 Å². The van der Waals surface area contributed by atoms with Crippen molar-refractivity contribution in [3.8, 4) is 11.5 Å². The fraction of sp³-hybridized carbons (Fsp3) is 0.450. The molecular formula is C20H26N2O3. The Morgan fingerprint density at radius 2 is 1.92 bits per heavy atom. The third kappa shape index (κ3) is 4.04. The van der Waals surface area contributed by atoms with Gasteiger partial charge in [0, 0.05) is 37.6 Å². The van der Waals surface area contributed by atoms with E-state index in [1.54, 1.807) is 14.2 Å². The van der Waals surface area contributed by atoms with E-state index < -0.39 is 0 Å². The Bertz CT molecular complexity index is 695. The predicted molar refractivity (Wildman–Crippen MR) is 98.5 cm³/mol. The number of aromatic nitrogens is 1. The van der Waals surface area contributed by atoms with E-state index in [0.29, 0.717) is 6.54 Å². The average molecular weight is 342 g/mol. The molecule has 0 unspecified atom stereocenters. The van der Waals surface area contributed by atoms with Crippen LogP contribution in [0.2, 0.25) is 0 Å². The SMILES string of the molecule is COc1ccc(CNc2ccc(C3(C)CCOCC3)cn2)c(OC)c1. The third-order valence-electron chi connectivity index (χ3n) is 5.01.